The van der Waals surface area contributed by atoms with Gasteiger partial charge in [-0.25, -0.2) is 4.39 Å². The number of carbonyl (C=O) groups is 1. The molecule has 3 rings (SSSR count). The third-order valence-electron chi connectivity index (χ3n) is 4.77. The largest absolute Gasteiger partial charge is 0.388 e. The predicted molar refractivity (Wildman–Crippen MR) is 85.0 cm³/mol. The number of carbonyl (C=O) groups excluding carboxylic acids is 1. The molecule has 0 spiro atoms. The van der Waals surface area contributed by atoms with Crippen molar-refractivity contribution in [1.29, 1.82) is 0 Å². The van der Waals surface area contributed by atoms with Crippen LogP contribution < -0.4 is 10.6 Å². The van der Waals surface area contributed by atoms with E-state index in [1.807, 2.05) is 11.8 Å². The molecule has 0 unspecified atom stereocenters. The van der Waals surface area contributed by atoms with E-state index in [9.17, 15) is 14.3 Å². The Morgan fingerprint density at radius 2 is 2.25 bits per heavy atom. The summed E-state index contributed by atoms with van der Waals surface area (Å²) in [6, 6.07) is 3.16. The Bertz CT molecular complexity index is 803. The minimum Gasteiger partial charge on any atom is -0.388 e. The molecule has 3 N–H and O–H groups in total. The summed E-state index contributed by atoms with van der Waals surface area (Å²) >= 11 is 0. The van der Waals surface area contributed by atoms with Crippen LogP contribution in [-0.2, 0) is 0 Å². The number of anilines is 1. The summed E-state index contributed by atoms with van der Waals surface area (Å²) in [5.74, 6) is -1.76. The van der Waals surface area contributed by atoms with Crippen LogP contribution in [0.15, 0.2) is 16.7 Å². The van der Waals surface area contributed by atoms with Crippen LogP contribution in [0.2, 0.25) is 0 Å². The molecule has 1 saturated heterocycles. The average Bonchev–Trinajstić information content (AvgIpc) is 3.09. The summed E-state index contributed by atoms with van der Waals surface area (Å²) in [6.45, 7) is 5.99. The molecule has 1 aliphatic heterocycles. The SMILES string of the molecule is Cc1c(N2CC[C@](C)(O)[C@@H]2C)ccc(-c2noc(C(N)=O)n2)c1F. The van der Waals surface area contributed by atoms with Gasteiger partial charge in [0, 0.05) is 17.8 Å². The van der Waals surface area contributed by atoms with Gasteiger partial charge in [-0.3, -0.25) is 4.79 Å². The molecule has 1 amide bonds. The molecule has 0 saturated carbocycles. The first kappa shape index (κ1) is 16.4. The van der Waals surface area contributed by atoms with Crippen LogP contribution >= 0.6 is 0 Å². The van der Waals surface area contributed by atoms with Gasteiger partial charge in [0.15, 0.2) is 0 Å². The lowest BCUT2D eigenvalue weighted by atomic mass is 9.98. The summed E-state index contributed by atoms with van der Waals surface area (Å²) in [5.41, 5.74) is 5.51. The first-order chi connectivity index (χ1) is 11.2. The molecule has 7 nitrogen and oxygen atoms in total. The number of hydrogen-bond donors (Lipinski definition) is 2. The number of nitrogens with zero attached hydrogens (tertiary/aromatic N) is 3. The first-order valence-corrected chi connectivity index (χ1v) is 7.64. The normalized spacial score (nSPS) is 23.7. The molecule has 0 aliphatic carbocycles. The average molecular weight is 334 g/mol. The topological polar surface area (TPSA) is 105 Å². The van der Waals surface area contributed by atoms with E-state index in [0.29, 0.717) is 24.2 Å². The van der Waals surface area contributed by atoms with Crippen LogP contribution in [0, 0.1) is 12.7 Å². The number of aliphatic hydroxyl groups is 1. The van der Waals surface area contributed by atoms with Crippen molar-refractivity contribution >= 4 is 11.6 Å². The number of amides is 1. The van der Waals surface area contributed by atoms with Crippen LogP contribution in [0.3, 0.4) is 0 Å². The lowest BCUT2D eigenvalue weighted by Crippen LogP contribution is -2.40. The van der Waals surface area contributed by atoms with Crippen molar-refractivity contribution in [2.24, 2.45) is 5.73 Å². The molecule has 1 aromatic carbocycles. The summed E-state index contributed by atoms with van der Waals surface area (Å²) < 4.78 is 19.5. The van der Waals surface area contributed by atoms with Crippen molar-refractivity contribution in [2.45, 2.75) is 38.8 Å². The molecule has 2 heterocycles. The van der Waals surface area contributed by atoms with Gasteiger partial charge >= 0.3 is 11.8 Å². The first-order valence-electron chi connectivity index (χ1n) is 7.64. The van der Waals surface area contributed by atoms with Gasteiger partial charge in [0.05, 0.1) is 17.2 Å². The van der Waals surface area contributed by atoms with Gasteiger partial charge in [-0.1, -0.05) is 5.16 Å². The number of aromatic nitrogens is 2. The number of nitrogens with two attached hydrogens (primary N) is 1. The molecule has 1 aromatic heterocycles. The standard InChI is InChI=1S/C16H19FN4O3/c1-8-11(21-7-6-16(3,23)9(21)2)5-4-10(12(8)17)14-19-15(13(18)22)24-20-14/h4-5,9,23H,6-7H2,1-3H3,(H2,18,22)/t9-,16-/m0/s1. The van der Waals surface area contributed by atoms with Crippen molar-refractivity contribution in [2.75, 3.05) is 11.4 Å². The predicted octanol–water partition coefficient (Wildman–Crippen LogP) is 1.63. The highest BCUT2D eigenvalue weighted by atomic mass is 19.1. The Morgan fingerprint density at radius 1 is 1.54 bits per heavy atom. The maximum absolute atomic E-state index is 14.8. The summed E-state index contributed by atoms with van der Waals surface area (Å²) in [5, 5.41) is 13.9. The number of hydrogen-bond acceptors (Lipinski definition) is 6. The smallest absolute Gasteiger partial charge is 0.316 e. The molecule has 128 valence electrons. The van der Waals surface area contributed by atoms with Crippen molar-refractivity contribution < 1.29 is 18.8 Å². The molecule has 0 radical (unpaired) electrons. The summed E-state index contributed by atoms with van der Waals surface area (Å²) in [4.78, 5) is 16.8. The van der Waals surface area contributed by atoms with Crippen LogP contribution in [0.1, 0.15) is 36.5 Å². The second kappa shape index (κ2) is 5.55. The van der Waals surface area contributed by atoms with E-state index >= 15 is 0 Å². The van der Waals surface area contributed by atoms with Crippen molar-refractivity contribution in [3.05, 3.63) is 29.4 Å². The zero-order chi connectivity index (χ0) is 17.6. The minimum atomic E-state index is -0.865. The fourth-order valence-electron chi connectivity index (χ4n) is 3.01. The highest BCUT2D eigenvalue weighted by molar-refractivity contribution is 5.88. The summed E-state index contributed by atoms with van der Waals surface area (Å²) in [7, 11) is 0. The molecule has 1 fully saturated rings. The van der Waals surface area contributed by atoms with Crippen LogP contribution in [0.5, 0.6) is 0 Å². The Labute approximate surface area is 138 Å². The van der Waals surface area contributed by atoms with E-state index in [1.165, 1.54) is 6.07 Å². The fourth-order valence-corrected chi connectivity index (χ4v) is 3.01. The lowest BCUT2D eigenvalue weighted by Gasteiger charge is -2.31. The van der Waals surface area contributed by atoms with Gasteiger partial charge < -0.3 is 20.3 Å². The van der Waals surface area contributed by atoms with Gasteiger partial charge in [0.1, 0.15) is 5.82 Å². The number of primary amides is 1. The van der Waals surface area contributed by atoms with Gasteiger partial charge in [-0.2, -0.15) is 4.98 Å². The quantitative estimate of drug-likeness (QED) is 0.884. The van der Waals surface area contributed by atoms with E-state index < -0.39 is 17.3 Å². The molecule has 8 heteroatoms. The second-order valence-corrected chi connectivity index (χ2v) is 6.34. The maximum Gasteiger partial charge on any atom is 0.316 e. The number of rotatable bonds is 3. The Morgan fingerprint density at radius 3 is 2.79 bits per heavy atom. The molecular weight excluding hydrogens is 315 g/mol. The van der Waals surface area contributed by atoms with E-state index in [2.05, 4.69) is 10.1 Å². The van der Waals surface area contributed by atoms with Crippen molar-refractivity contribution in [1.82, 2.24) is 10.1 Å². The van der Waals surface area contributed by atoms with E-state index in [-0.39, 0.29) is 23.3 Å². The van der Waals surface area contributed by atoms with Crippen LogP contribution in [0.25, 0.3) is 11.4 Å². The Balaban J connectivity index is 1.99. The highest BCUT2D eigenvalue weighted by Crippen LogP contribution is 2.36. The van der Waals surface area contributed by atoms with E-state index in [4.69, 9.17) is 10.3 Å². The van der Waals surface area contributed by atoms with Gasteiger partial charge in [-0.15, -0.1) is 0 Å². The molecular formula is C16H19FN4O3. The lowest BCUT2D eigenvalue weighted by molar-refractivity contribution is 0.0565. The van der Waals surface area contributed by atoms with Crippen LogP contribution in [-0.4, -0.2) is 39.3 Å². The van der Waals surface area contributed by atoms with Gasteiger partial charge in [0.2, 0.25) is 5.82 Å². The monoisotopic (exact) mass is 334 g/mol. The van der Waals surface area contributed by atoms with Gasteiger partial charge in [-0.05, 0) is 39.3 Å². The fraction of sp³-hybridized carbons (Fsp3) is 0.438. The summed E-state index contributed by atoms with van der Waals surface area (Å²) in [6.07, 6.45) is 0.615. The van der Waals surface area contributed by atoms with E-state index in [1.54, 1.807) is 19.9 Å². The Hall–Kier alpha value is -2.48. The zero-order valence-electron chi connectivity index (χ0n) is 13.7. The molecule has 24 heavy (non-hydrogen) atoms. The molecule has 0 bridgehead atoms. The molecule has 2 aromatic rings. The third-order valence-corrected chi connectivity index (χ3v) is 4.77. The number of halogens is 1. The number of benzene rings is 1. The highest BCUT2D eigenvalue weighted by Gasteiger charge is 2.40. The molecule has 2 atom stereocenters. The Kier molecular flexibility index (Phi) is 3.79. The van der Waals surface area contributed by atoms with E-state index in [0.717, 1.165) is 0 Å². The molecule has 1 aliphatic rings. The minimum absolute atomic E-state index is 0.0302. The maximum atomic E-state index is 14.8. The zero-order valence-corrected chi connectivity index (χ0v) is 13.7. The van der Waals surface area contributed by atoms with Crippen LogP contribution in [0.4, 0.5) is 10.1 Å². The van der Waals surface area contributed by atoms with Gasteiger partial charge in [0.25, 0.3) is 0 Å². The van der Waals surface area contributed by atoms with Crippen molar-refractivity contribution in [3.8, 4) is 11.4 Å². The third kappa shape index (κ3) is 2.52. The second-order valence-electron chi connectivity index (χ2n) is 6.34. The van der Waals surface area contributed by atoms with Crippen molar-refractivity contribution in [3.63, 3.8) is 0 Å².